The summed E-state index contributed by atoms with van der Waals surface area (Å²) in [6, 6.07) is 0. The SMILES string of the molecule is CC/C=C\C/C=C\C/C=C\C/C=C\C/C=C\C/C=C\C/C=C\C/C=C\C/C=C\CCCC(=O)OCC(COC(=O)CCCCCCC/C=C\CCC)OC(=O)CCCCCCCC/C=C\C/C=C\C/C=C\CCCCCCC. The maximum absolute atomic E-state index is 12.9. The Morgan fingerprint density at radius 1 is 0.269 bits per heavy atom. The molecule has 6 nitrogen and oxygen atoms in total. The summed E-state index contributed by atoms with van der Waals surface area (Å²) in [6.45, 7) is 6.38. The molecular weight excluding hydrogens is 961 g/mol. The number of carbonyl (C=O) groups is 3. The zero-order chi connectivity index (χ0) is 56.4. The first kappa shape index (κ1) is 73.0. The molecule has 0 aliphatic carbocycles. The third-order valence-corrected chi connectivity index (χ3v) is 12.7. The van der Waals surface area contributed by atoms with E-state index >= 15 is 0 Å². The molecule has 6 heteroatoms. The van der Waals surface area contributed by atoms with E-state index in [1.165, 1.54) is 64.2 Å². The third-order valence-electron chi connectivity index (χ3n) is 12.7. The molecule has 0 radical (unpaired) electrons. The van der Waals surface area contributed by atoms with Crippen LogP contribution < -0.4 is 0 Å². The van der Waals surface area contributed by atoms with Gasteiger partial charge in [-0.15, -0.1) is 0 Å². The molecule has 0 aliphatic heterocycles. The second-order valence-electron chi connectivity index (χ2n) is 20.2. The summed E-state index contributed by atoms with van der Waals surface area (Å²) >= 11 is 0. The lowest BCUT2D eigenvalue weighted by Gasteiger charge is -2.18. The summed E-state index contributed by atoms with van der Waals surface area (Å²) in [7, 11) is 0. The minimum absolute atomic E-state index is 0.112. The summed E-state index contributed by atoms with van der Waals surface area (Å²) in [5.41, 5.74) is 0. The van der Waals surface area contributed by atoms with Gasteiger partial charge in [0.1, 0.15) is 13.2 Å². The van der Waals surface area contributed by atoms with Crippen LogP contribution in [0.4, 0.5) is 0 Å². The maximum Gasteiger partial charge on any atom is 0.306 e. The highest BCUT2D eigenvalue weighted by Crippen LogP contribution is 2.13. The normalized spacial score (nSPS) is 13.2. The molecule has 0 amide bonds. The highest BCUT2D eigenvalue weighted by atomic mass is 16.6. The van der Waals surface area contributed by atoms with Crippen LogP contribution in [0.2, 0.25) is 0 Å². The van der Waals surface area contributed by atoms with Crippen LogP contribution in [0.1, 0.15) is 258 Å². The van der Waals surface area contributed by atoms with Crippen LogP contribution in [-0.4, -0.2) is 37.2 Å². The third kappa shape index (κ3) is 61.9. The molecule has 0 saturated heterocycles. The Labute approximate surface area is 480 Å². The Kier molecular flexibility index (Phi) is 60.4. The number of unbranched alkanes of at least 4 members (excludes halogenated alkanes) is 18. The second-order valence-corrected chi connectivity index (χ2v) is 20.2. The van der Waals surface area contributed by atoms with E-state index in [9.17, 15) is 14.4 Å². The van der Waals surface area contributed by atoms with Gasteiger partial charge in [0.2, 0.25) is 0 Å². The molecule has 0 aromatic carbocycles. The largest absolute Gasteiger partial charge is 0.462 e. The quantitative estimate of drug-likeness (QED) is 0.0261. The maximum atomic E-state index is 12.9. The molecule has 0 rings (SSSR count). The number of carbonyl (C=O) groups excluding carboxylic acids is 3. The molecule has 0 N–H and O–H groups in total. The summed E-state index contributed by atoms with van der Waals surface area (Å²) < 4.78 is 16.8. The van der Waals surface area contributed by atoms with Crippen molar-refractivity contribution in [1.29, 1.82) is 0 Å². The van der Waals surface area contributed by atoms with Crippen LogP contribution in [0.25, 0.3) is 0 Å². The van der Waals surface area contributed by atoms with Crippen LogP contribution in [0.5, 0.6) is 0 Å². The summed E-state index contributed by atoms with van der Waals surface area (Å²) in [5.74, 6) is -1.00. The highest BCUT2D eigenvalue weighted by molar-refractivity contribution is 5.71. The van der Waals surface area contributed by atoms with Crippen molar-refractivity contribution >= 4 is 17.9 Å². The molecule has 438 valence electrons. The molecule has 0 spiro atoms. The zero-order valence-electron chi connectivity index (χ0n) is 50.1. The van der Waals surface area contributed by atoms with Crippen LogP contribution in [0.15, 0.2) is 158 Å². The molecule has 0 aliphatic rings. The number of esters is 3. The zero-order valence-corrected chi connectivity index (χ0v) is 50.1. The fourth-order valence-electron chi connectivity index (χ4n) is 8.04. The first-order valence-electron chi connectivity index (χ1n) is 31.5. The second kappa shape index (κ2) is 64.6. The van der Waals surface area contributed by atoms with Gasteiger partial charge in [0.25, 0.3) is 0 Å². The topological polar surface area (TPSA) is 78.9 Å². The van der Waals surface area contributed by atoms with Gasteiger partial charge in [-0.3, -0.25) is 14.4 Å². The van der Waals surface area contributed by atoms with E-state index in [-0.39, 0.29) is 37.5 Å². The fourth-order valence-corrected chi connectivity index (χ4v) is 8.04. The number of hydrogen-bond acceptors (Lipinski definition) is 6. The molecule has 0 bridgehead atoms. The summed E-state index contributed by atoms with van der Waals surface area (Å²) in [4.78, 5) is 38.2. The van der Waals surface area contributed by atoms with Gasteiger partial charge in [-0.1, -0.05) is 256 Å². The standard InChI is InChI=1S/C72H114O6/c1-4-7-10-13-16-19-22-24-26-28-30-32-33-34-35-36-37-38-39-41-42-44-46-48-50-53-56-59-62-65-71(74)77-68-69(67-76-70(73)64-61-58-55-52-21-18-15-12-9-6-3)78-72(75)66-63-60-57-54-51-49-47-45-43-40-31-29-27-25-23-20-17-14-11-8-5-2/h7,10,12,15-16,19,23-26,29-32,34-35,37-38,41-43,45-46,48,53,56,69H,4-6,8-9,11,13-14,17-18,20-22,27-28,33,36,39-40,44,47,49-52,54-55,57-68H2,1-3H3/b10-7-,15-12-,19-16-,25-23-,26-24-,31-29-,32-30-,35-34-,38-37-,42-41-,45-43-,48-46-,56-53-. The van der Waals surface area contributed by atoms with Gasteiger partial charge >= 0.3 is 17.9 Å². The molecule has 0 saturated carbocycles. The molecule has 0 aromatic heterocycles. The van der Waals surface area contributed by atoms with E-state index in [2.05, 4.69) is 179 Å². The molecule has 0 aromatic rings. The molecular formula is C72H114O6. The Morgan fingerprint density at radius 3 is 0.897 bits per heavy atom. The average molecular weight is 1080 g/mol. The Balaban J connectivity index is 4.43. The molecule has 0 heterocycles. The van der Waals surface area contributed by atoms with Gasteiger partial charge in [-0.2, -0.15) is 0 Å². The van der Waals surface area contributed by atoms with Gasteiger partial charge < -0.3 is 14.2 Å². The Hall–Kier alpha value is -4.97. The first-order chi connectivity index (χ1) is 38.5. The van der Waals surface area contributed by atoms with Crippen LogP contribution >= 0.6 is 0 Å². The summed E-state index contributed by atoms with van der Waals surface area (Å²) in [5, 5.41) is 0. The van der Waals surface area contributed by atoms with Crippen LogP contribution in [0, 0.1) is 0 Å². The van der Waals surface area contributed by atoms with Crippen LogP contribution in [0.3, 0.4) is 0 Å². The summed E-state index contributed by atoms with van der Waals surface area (Å²) in [6.07, 6.45) is 94.0. The van der Waals surface area contributed by atoms with Gasteiger partial charge in [0.15, 0.2) is 6.10 Å². The van der Waals surface area contributed by atoms with Crippen molar-refractivity contribution in [3.8, 4) is 0 Å². The van der Waals surface area contributed by atoms with Crippen molar-refractivity contribution in [2.24, 2.45) is 0 Å². The lowest BCUT2D eigenvalue weighted by molar-refractivity contribution is -0.167. The van der Waals surface area contributed by atoms with Gasteiger partial charge in [-0.25, -0.2) is 0 Å². The predicted octanol–water partition coefficient (Wildman–Crippen LogP) is 21.7. The van der Waals surface area contributed by atoms with E-state index in [1.807, 2.05) is 0 Å². The molecule has 1 atom stereocenters. The van der Waals surface area contributed by atoms with E-state index in [1.54, 1.807) is 0 Å². The monoisotopic (exact) mass is 1070 g/mol. The van der Waals surface area contributed by atoms with Crippen molar-refractivity contribution in [3.63, 3.8) is 0 Å². The molecule has 0 fully saturated rings. The first-order valence-corrected chi connectivity index (χ1v) is 31.5. The predicted molar refractivity (Wildman–Crippen MR) is 338 cm³/mol. The van der Waals surface area contributed by atoms with Crippen LogP contribution in [-0.2, 0) is 28.6 Å². The number of hydrogen-bond donors (Lipinski definition) is 0. The smallest absolute Gasteiger partial charge is 0.306 e. The fraction of sp³-hybridized carbons (Fsp3) is 0.597. The molecule has 78 heavy (non-hydrogen) atoms. The van der Waals surface area contributed by atoms with E-state index in [0.29, 0.717) is 19.3 Å². The Morgan fingerprint density at radius 2 is 0.538 bits per heavy atom. The van der Waals surface area contributed by atoms with Crippen molar-refractivity contribution in [3.05, 3.63) is 158 Å². The number of rotatable bonds is 55. The number of ether oxygens (including phenoxy) is 3. The average Bonchev–Trinajstić information content (AvgIpc) is 3.44. The number of allylic oxidation sites excluding steroid dienone is 26. The van der Waals surface area contributed by atoms with Gasteiger partial charge in [-0.05, 0) is 141 Å². The van der Waals surface area contributed by atoms with Gasteiger partial charge in [0.05, 0.1) is 0 Å². The van der Waals surface area contributed by atoms with E-state index in [0.717, 1.165) is 148 Å². The minimum Gasteiger partial charge on any atom is -0.462 e. The van der Waals surface area contributed by atoms with Crippen molar-refractivity contribution in [2.75, 3.05) is 13.2 Å². The van der Waals surface area contributed by atoms with E-state index < -0.39 is 6.10 Å². The lowest BCUT2D eigenvalue weighted by atomic mass is 10.1. The Bertz CT molecular complexity index is 1760. The molecule has 1 unspecified atom stereocenters. The van der Waals surface area contributed by atoms with E-state index in [4.69, 9.17) is 14.2 Å². The van der Waals surface area contributed by atoms with Crippen molar-refractivity contribution in [1.82, 2.24) is 0 Å². The minimum atomic E-state index is -0.820. The highest BCUT2D eigenvalue weighted by Gasteiger charge is 2.19. The van der Waals surface area contributed by atoms with Crippen molar-refractivity contribution in [2.45, 2.75) is 264 Å². The lowest BCUT2D eigenvalue weighted by Crippen LogP contribution is -2.30. The van der Waals surface area contributed by atoms with Crippen molar-refractivity contribution < 1.29 is 28.6 Å². The van der Waals surface area contributed by atoms with Gasteiger partial charge in [0, 0.05) is 19.3 Å².